The van der Waals surface area contributed by atoms with Gasteiger partial charge in [0.25, 0.3) is 0 Å². The molecule has 2 rings (SSSR count). The lowest BCUT2D eigenvalue weighted by Crippen LogP contribution is -2.19. The van der Waals surface area contributed by atoms with E-state index in [1.807, 2.05) is 26.0 Å². The summed E-state index contributed by atoms with van der Waals surface area (Å²) in [5.41, 5.74) is 8.14. The molecule has 3 nitrogen and oxygen atoms in total. The van der Waals surface area contributed by atoms with Gasteiger partial charge in [-0.05, 0) is 32.0 Å². The first-order chi connectivity index (χ1) is 9.97. The lowest BCUT2D eigenvalue weighted by atomic mass is 10.1. The minimum atomic E-state index is -0.449. The van der Waals surface area contributed by atoms with Crippen molar-refractivity contribution in [2.75, 3.05) is 0 Å². The van der Waals surface area contributed by atoms with Crippen LogP contribution in [0, 0.1) is 12.7 Å². The van der Waals surface area contributed by atoms with Crippen molar-refractivity contribution in [3.63, 3.8) is 0 Å². The van der Waals surface area contributed by atoms with Crippen molar-refractivity contribution in [3.05, 3.63) is 58.1 Å². The topological polar surface area (TPSA) is 48.1 Å². The molecule has 0 aliphatic heterocycles. The second kappa shape index (κ2) is 6.87. The van der Waals surface area contributed by atoms with Crippen LogP contribution in [-0.4, -0.2) is 11.0 Å². The molecule has 0 fully saturated rings. The maximum absolute atomic E-state index is 13.4. The Kier molecular flexibility index (Phi) is 5.15. The Morgan fingerprint density at radius 3 is 2.81 bits per heavy atom. The van der Waals surface area contributed by atoms with Gasteiger partial charge in [0.2, 0.25) is 0 Å². The van der Waals surface area contributed by atoms with Gasteiger partial charge in [-0.25, -0.2) is 4.39 Å². The predicted octanol–water partition coefficient (Wildman–Crippen LogP) is 3.65. The Bertz CT molecular complexity index is 632. The molecule has 1 atom stereocenters. The molecule has 0 aliphatic rings. The summed E-state index contributed by atoms with van der Waals surface area (Å²) in [4.78, 5) is 4.45. The minimum Gasteiger partial charge on any atom is -0.487 e. The largest absolute Gasteiger partial charge is 0.487 e. The molecule has 2 aromatic rings. The van der Waals surface area contributed by atoms with E-state index in [-0.39, 0.29) is 17.7 Å². The monoisotopic (exact) mass is 308 g/mol. The highest BCUT2D eigenvalue weighted by molar-refractivity contribution is 6.31. The van der Waals surface area contributed by atoms with Gasteiger partial charge in [0.1, 0.15) is 18.2 Å². The number of aryl methyl sites for hydroxylation is 1. The maximum atomic E-state index is 13.4. The minimum absolute atomic E-state index is 0.0144. The van der Waals surface area contributed by atoms with Crippen molar-refractivity contribution in [3.8, 4) is 5.75 Å². The highest BCUT2D eigenvalue weighted by Crippen LogP contribution is 2.24. The van der Waals surface area contributed by atoms with Crippen LogP contribution in [0.4, 0.5) is 4.39 Å². The van der Waals surface area contributed by atoms with Crippen LogP contribution in [0.1, 0.15) is 23.9 Å². The number of hydrogen-bond acceptors (Lipinski definition) is 3. The molecule has 5 heteroatoms. The molecule has 0 aliphatic carbocycles. The van der Waals surface area contributed by atoms with Crippen molar-refractivity contribution in [1.29, 1.82) is 0 Å². The van der Waals surface area contributed by atoms with Crippen molar-refractivity contribution >= 4 is 11.6 Å². The first-order valence-electron chi connectivity index (χ1n) is 6.75. The molecule has 0 bridgehead atoms. The smallest absolute Gasteiger partial charge is 0.142 e. The quantitative estimate of drug-likeness (QED) is 0.917. The zero-order valence-electron chi connectivity index (χ0n) is 12.1. The number of nitrogens with zero attached hydrogens (tertiary/aromatic N) is 1. The lowest BCUT2D eigenvalue weighted by Gasteiger charge is -2.13. The van der Waals surface area contributed by atoms with E-state index in [2.05, 4.69) is 4.98 Å². The number of benzene rings is 1. The Hall–Kier alpha value is -1.65. The Morgan fingerprint density at radius 1 is 1.33 bits per heavy atom. The third-order valence-corrected chi connectivity index (χ3v) is 3.42. The van der Waals surface area contributed by atoms with Crippen molar-refractivity contribution in [2.24, 2.45) is 5.73 Å². The van der Waals surface area contributed by atoms with Crippen LogP contribution < -0.4 is 10.5 Å². The van der Waals surface area contributed by atoms with Gasteiger partial charge < -0.3 is 10.5 Å². The van der Waals surface area contributed by atoms with Crippen LogP contribution in [-0.2, 0) is 13.0 Å². The Morgan fingerprint density at radius 2 is 2.10 bits per heavy atom. The molecule has 21 heavy (non-hydrogen) atoms. The number of aromatic nitrogens is 1. The van der Waals surface area contributed by atoms with Crippen molar-refractivity contribution in [2.45, 2.75) is 32.9 Å². The van der Waals surface area contributed by atoms with Crippen molar-refractivity contribution in [1.82, 2.24) is 4.98 Å². The molecule has 1 aromatic heterocycles. The van der Waals surface area contributed by atoms with E-state index in [0.717, 1.165) is 11.4 Å². The van der Waals surface area contributed by atoms with Gasteiger partial charge in [0.05, 0.1) is 10.7 Å². The standard InChI is InChI=1S/C16H18ClFN2O/c1-10(19)8-14-15(7-6-11(2)20-14)21-9-12-4-3-5-13(18)16(12)17/h3-7,10H,8-9,19H2,1-2H3. The van der Waals surface area contributed by atoms with Gasteiger partial charge in [0.15, 0.2) is 0 Å². The third-order valence-electron chi connectivity index (χ3n) is 3.00. The van der Waals surface area contributed by atoms with Crippen LogP contribution in [0.3, 0.4) is 0 Å². The van der Waals surface area contributed by atoms with Gasteiger partial charge in [-0.15, -0.1) is 0 Å². The Balaban J connectivity index is 2.18. The Labute approximate surface area is 128 Å². The molecular weight excluding hydrogens is 291 g/mol. The number of halogens is 2. The molecule has 112 valence electrons. The zero-order valence-corrected chi connectivity index (χ0v) is 12.8. The van der Waals surface area contributed by atoms with Crippen LogP contribution in [0.15, 0.2) is 30.3 Å². The van der Waals surface area contributed by atoms with Gasteiger partial charge >= 0.3 is 0 Å². The van der Waals surface area contributed by atoms with E-state index in [9.17, 15) is 4.39 Å². The highest BCUT2D eigenvalue weighted by atomic mass is 35.5. The summed E-state index contributed by atoms with van der Waals surface area (Å²) < 4.78 is 19.1. The second-order valence-corrected chi connectivity index (χ2v) is 5.46. The maximum Gasteiger partial charge on any atom is 0.142 e. The van der Waals surface area contributed by atoms with Gasteiger partial charge in [-0.2, -0.15) is 0 Å². The normalized spacial score (nSPS) is 12.2. The fourth-order valence-corrected chi connectivity index (χ4v) is 2.18. The molecule has 0 saturated carbocycles. The summed E-state index contributed by atoms with van der Waals surface area (Å²) in [7, 11) is 0. The van der Waals surface area contributed by atoms with Gasteiger partial charge in [-0.3, -0.25) is 4.98 Å². The summed E-state index contributed by atoms with van der Waals surface area (Å²) in [5, 5.41) is 0.0892. The zero-order chi connectivity index (χ0) is 15.4. The molecular formula is C16H18ClFN2O. The SMILES string of the molecule is Cc1ccc(OCc2cccc(F)c2Cl)c(CC(C)N)n1. The molecule has 1 aromatic carbocycles. The molecule has 1 heterocycles. The first kappa shape index (κ1) is 15.7. The van der Waals surface area contributed by atoms with Crippen molar-refractivity contribution < 1.29 is 9.13 Å². The number of pyridine rings is 1. The van der Waals surface area contributed by atoms with E-state index >= 15 is 0 Å². The summed E-state index contributed by atoms with van der Waals surface area (Å²) in [6.07, 6.45) is 0.619. The van der Waals surface area contributed by atoms with Gasteiger partial charge in [-0.1, -0.05) is 23.7 Å². The van der Waals surface area contributed by atoms with E-state index in [1.54, 1.807) is 12.1 Å². The van der Waals surface area contributed by atoms with Crippen LogP contribution >= 0.6 is 11.6 Å². The molecule has 0 amide bonds. The van der Waals surface area contributed by atoms with E-state index in [0.29, 0.717) is 17.7 Å². The fourth-order valence-electron chi connectivity index (χ4n) is 2.00. The number of nitrogens with two attached hydrogens (primary N) is 1. The van der Waals surface area contributed by atoms with Crippen LogP contribution in [0.2, 0.25) is 5.02 Å². The third kappa shape index (κ3) is 4.16. The average molecular weight is 309 g/mol. The first-order valence-corrected chi connectivity index (χ1v) is 7.13. The summed E-state index contributed by atoms with van der Waals surface area (Å²) in [6.45, 7) is 4.02. The lowest BCUT2D eigenvalue weighted by molar-refractivity contribution is 0.300. The fraction of sp³-hybridized carbons (Fsp3) is 0.312. The average Bonchev–Trinajstić information content (AvgIpc) is 2.41. The predicted molar refractivity (Wildman–Crippen MR) is 82.1 cm³/mol. The van der Waals surface area contributed by atoms with Crippen LogP contribution in [0.5, 0.6) is 5.75 Å². The number of hydrogen-bond donors (Lipinski definition) is 1. The molecule has 0 spiro atoms. The van der Waals surface area contributed by atoms with Gasteiger partial charge in [0, 0.05) is 23.7 Å². The molecule has 2 N–H and O–H groups in total. The summed E-state index contributed by atoms with van der Waals surface area (Å²) in [5.74, 6) is 0.203. The molecule has 1 unspecified atom stereocenters. The molecule has 0 saturated heterocycles. The number of ether oxygens (including phenoxy) is 1. The summed E-state index contributed by atoms with van der Waals surface area (Å²) >= 11 is 5.92. The summed E-state index contributed by atoms with van der Waals surface area (Å²) in [6, 6.07) is 8.37. The van der Waals surface area contributed by atoms with Crippen LogP contribution in [0.25, 0.3) is 0 Å². The molecule has 0 radical (unpaired) electrons. The van der Waals surface area contributed by atoms with E-state index in [4.69, 9.17) is 22.1 Å². The second-order valence-electron chi connectivity index (χ2n) is 5.08. The highest BCUT2D eigenvalue weighted by Gasteiger charge is 2.11. The van der Waals surface area contributed by atoms with E-state index in [1.165, 1.54) is 6.07 Å². The number of rotatable bonds is 5. The van der Waals surface area contributed by atoms with E-state index < -0.39 is 5.82 Å².